The van der Waals surface area contributed by atoms with Gasteiger partial charge in [0.25, 0.3) is 0 Å². The Morgan fingerprint density at radius 3 is 2.68 bits per heavy atom. The van der Waals surface area contributed by atoms with E-state index in [1.54, 1.807) is 35.2 Å². The third-order valence-electron chi connectivity index (χ3n) is 6.66. The van der Waals surface area contributed by atoms with Gasteiger partial charge in [-0.3, -0.25) is 0 Å². The second-order valence-electron chi connectivity index (χ2n) is 10.5. The molecule has 2 heterocycles. The summed E-state index contributed by atoms with van der Waals surface area (Å²) in [4.78, 5) is 24.4. The lowest BCUT2D eigenvalue weighted by Crippen LogP contribution is -2.40. The average molecular weight is 516 g/mol. The van der Waals surface area contributed by atoms with E-state index >= 15 is 0 Å². The van der Waals surface area contributed by atoms with Crippen LogP contribution in [0.15, 0.2) is 42.5 Å². The molecule has 0 saturated heterocycles. The maximum Gasteiger partial charge on any atom is 0.410 e. The van der Waals surface area contributed by atoms with Crippen molar-refractivity contribution in [1.29, 1.82) is 5.26 Å². The molecule has 1 aliphatic heterocycles. The van der Waals surface area contributed by atoms with Gasteiger partial charge in [0.1, 0.15) is 29.8 Å². The molecule has 1 unspecified atom stereocenters. The van der Waals surface area contributed by atoms with E-state index in [1.807, 2.05) is 20.8 Å². The molecule has 1 aliphatic carbocycles. The van der Waals surface area contributed by atoms with Crippen LogP contribution in [0.2, 0.25) is 0 Å². The number of carbonyl (C=O) groups excluding carboxylic acids is 1. The normalized spacial score (nSPS) is 17.0. The molecule has 1 aromatic heterocycles. The van der Waals surface area contributed by atoms with Crippen molar-refractivity contribution in [3.63, 3.8) is 0 Å². The van der Waals surface area contributed by atoms with Gasteiger partial charge in [-0.05, 0) is 69.0 Å². The van der Waals surface area contributed by atoms with E-state index in [9.17, 15) is 14.4 Å². The first kappa shape index (κ1) is 25.5. The zero-order valence-corrected chi connectivity index (χ0v) is 21.8. The molecule has 0 saturated carbocycles. The third kappa shape index (κ3) is 5.54. The van der Waals surface area contributed by atoms with Gasteiger partial charge in [-0.1, -0.05) is 12.1 Å². The molecule has 3 aromatic rings. The number of nitrogens with one attached hydrogen (secondary N) is 1. The van der Waals surface area contributed by atoms with Gasteiger partial charge < -0.3 is 19.7 Å². The Balaban J connectivity index is 1.55. The van der Waals surface area contributed by atoms with E-state index in [0.717, 1.165) is 35.4 Å². The number of ether oxygens (including phenoxy) is 2. The summed E-state index contributed by atoms with van der Waals surface area (Å²) in [5.41, 5.74) is 4.28. The Morgan fingerprint density at radius 2 is 1.95 bits per heavy atom. The maximum atomic E-state index is 13.6. The zero-order valence-electron chi connectivity index (χ0n) is 21.8. The standard InChI is InChI=1S/C29H30FN5O3/c1-29(2,3)38-28(36)35-13-12-24-23-11-10-22(18-4-7-20(30)8-5-18)26(23)34-27(33-24)32-21-9-6-19(17-31)25(16-21)37-15-14-35/h4-9,16,22H,10-15H2,1-3H3,(H,32,33,34). The molecule has 5 rings (SSSR count). The molecule has 2 aliphatic rings. The summed E-state index contributed by atoms with van der Waals surface area (Å²) >= 11 is 0. The molecule has 8 nitrogen and oxygen atoms in total. The molecule has 4 bridgehead atoms. The van der Waals surface area contributed by atoms with Crippen molar-refractivity contribution in [3.8, 4) is 11.8 Å². The molecular weight excluding hydrogens is 485 g/mol. The number of nitriles is 1. The molecule has 0 radical (unpaired) electrons. The van der Waals surface area contributed by atoms with Crippen LogP contribution < -0.4 is 10.1 Å². The summed E-state index contributed by atoms with van der Waals surface area (Å²) in [7, 11) is 0. The van der Waals surface area contributed by atoms with Crippen LogP contribution in [0.3, 0.4) is 0 Å². The number of anilines is 2. The van der Waals surface area contributed by atoms with Crippen molar-refractivity contribution in [2.24, 2.45) is 0 Å². The van der Waals surface area contributed by atoms with E-state index in [-0.39, 0.29) is 24.9 Å². The molecule has 0 spiro atoms. The second kappa shape index (κ2) is 10.3. The van der Waals surface area contributed by atoms with Crippen molar-refractivity contribution in [2.45, 2.75) is 51.6 Å². The number of rotatable bonds is 1. The summed E-state index contributed by atoms with van der Waals surface area (Å²) < 4.78 is 25.2. The highest BCUT2D eigenvalue weighted by molar-refractivity contribution is 5.68. The highest BCUT2D eigenvalue weighted by atomic mass is 19.1. The van der Waals surface area contributed by atoms with E-state index in [2.05, 4.69) is 11.4 Å². The van der Waals surface area contributed by atoms with Gasteiger partial charge in [-0.15, -0.1) is 0 Å². The number of carbonyl (C=O) groups is 1. The minimum Gasteiger partial charge on any atom is -0.490 e. The van der Waals surface area contributed by atoms with Crippen LogP contribution >= 0.6 is 0 Å². The van der Waals surface area contributed by atoms with Crippen molar-refractivity contribution in [3.05, 3.63) is 76.4 Å². The minimum absolute atomic E-state index is 0.0189. The molecule has 196 valence electrons. The highest BCUT2D eigenvalue weighted by Crippen LogP contribution is 2.39. The van der Waals surface area contributed by atoms with E-state index in [4.69, 9.17) is 19.4 Å². The number of hydrogen-bond acceptors (Lipinski definition) is 7. The Morgan fingerprint density at radius 1 is 1.16 bits per heavy atom. The molecule has 1 atom stereocenters. The average Bonchev–Trinajstić information content (AvgIpc) is 3.29. The lowest BCUT2D eigenvalue weighted by atomic mass is 9.96. The predicted molar refractivity (Wildman–Crippen MR) is 140 cm³/mol. The van der Waals surface area contributed by atoms with Gasteiger partial charge >= 0.3 is 6.09 Å². The van der Waals surface area contributed by atoms with Crippen LogP contribution in [-0.2, 0) is 17.6 Å². The molecule has 38 heavy (non-hydrogen) atoms. The number of fused-ring (bicyclic) bond motifs is 6. The van der Waals surface area contributed by atoms with Crippen molar-refractivity contribution in [1.82, 2.24) is 14.9 Å². The molecular formula is C29H30FN5O3. The topological polar surface area (TPSA) is 100 Å². The monoisotopic (exact) mass is 515 g/mol. The van der Waals surface area contributed by atoms with E-state index in [0.29, 0.717) is 35.9 Å². The van der Waals surface area contributed by atoms with Crippen molar-refractivity contribution < 1.29 is 18.7 Å². The van der Waals surface area contributed by atoms with E-state index < -0.39 is 11.7 Å². The number of aromatic nitrogens is 2. The zero-order chi connectivity index (χ0) is 26.9. The number of hydrogen-bond donors (Lipinski definition) is 1. The maximum absolute atomic E-state index is 13.6. The molecule has 1 N–H and O–H groups in total. The fraction of sp³-hybridized carbons (Fsp3) is 0.379. The quantitative estimate of drug-likeness (QED) is 0.458. The van der Waals surface area contributed by atoms with Gasteiger partial charge in [0.05, 0.1) is 23.5 Å². The first-order valence-electron chi connectivity index (χ1n) is 12.8. The Labute approximate surface area is 221 Å². The SMILES string of the molecule is CC(C)(C)OC(=O)N1CCOc2cc(ccc2C#N)Nc2nc(c3c(n2)C(c2ccc(F)cc2)CC3)CC1. The first-order chi connectivity index (χ1) is 18.2. The van der Waals surface area contributed by atoms with E-state index in [1.165, 1.54) is 12.1 Å². The van der Waals surface area contributed by atoms with Crippen LogP contribution in [0, 0.1) is 17.1 Å². The number of halogens is 1. The summed E-state index contributed by atoms with van der Waals surface area (Å²) in [5, 5.41) is 12.8. The Bertz CT molecular complexity index is 1400. The van der Waals surface area contributed by atoms with Crippen LogP contribution in [0.1, 0.15) is 61.2 Å². The van der Waals surface area contributed by atoms with Crippen molar-refractivity contribution in [2.75, 3.05) is 25.0 Å². The lowest BCUT2D eigenvalue weighted by molar-refractivity contribution is 0.0228. The third-order valence-corrected chi connectivity index (χ3v) is 6.66. The smallest absolute Gasteiger partial charge is 0.410 e. The summed E-state index contributed by atoms with van der Waals surface area (Å²) in [5.74, 6) is 0.577. The second-order valence-corrected chi connectivity index (χ2v) is 10.5. The number of amides is 1. The van der Waals surface area contributed by atoms with Crippen molar-refractivity contribution >= 4 is 17.7 Å². The lowest BCUT2D eigenvalue weighted by Gasteiger charge is -2.27. The van der Waals surface area contributed by atoms with Crippen LogP contribution in [0.4, 0.5) is 20.8 Å². The Kier molecular flexibility index (Phi) is 6.89. The van der Waals surface area contributed by atoms with Crippen LogP contribution in [0.5, 0.6) is 5.75 Å². The molecule has 9 heteroatoms. The molecule has 1 amide bonds. The van der Waals surface area contributed by atoms with Gasteiger partial charge in [-0.25, -0.2) is 19.2 Å². The highest BCUT2D eigenvalue weighted by Gasteiger charge is 2.30. The fourth-order valence-corrected chi connectivity index (χ4v) is 4.89. The van der Waals surface area contributed by atoms with Gasteiger partial charge in [0.2, 0.25) is 5.95 Å². The van der Waals surface area contributed by atoms with Gasteiger partial charge in [0.15, 0.2) is 0 Å². The predicted octanol–water partition coefficient (Wildman–Crippen LogP) is 5.48. The summed E-state index contributed by atoms with van der Waals surface area (Å²) in [6, 6.07) is 13.9. The van der Waals surface area contributed by atoms with Gasteiger partial charge in [-0.2, -0.15) is 5.26 Å². The summed E-state index contributed by atoms with van der Waals surface area (Å²) in [6.07, 6.45) is 1.72. The van der Waals surface area contributed by atoms with Crippen LogP contribution in [-0.4, -0.2) is 46.3 Å². The fourth-order valence-electron chi connectivity index (χ4n) is 4.89. The summed E-state index contributed by atoms with van der Waals surface area (Å²) in [6.45, 7) is 6.36. The number of benzene rings is 2. The largest absolute Gasteiger partial charge is 0.490 e. The number of nitrogens with zero attached hydrogens (tertiary/aromatic N) is 4. The molecule has 2 aromatic carbocycles. The first-order valence-corrected chi connectivity index (χ1v) is 12.8. The van der Waals surface area contributed by atoms with Crippen LogP contribution in [0.25, 0.3) is 0 Å². The molecule has 0 fully saturated rings. The Hall–Kier alpha value is -4.19. The van der Waals surface area contributed by atoms with Gasteiger partial charge in [0, 0.05) is 30.6 Å². The minimum atomic E-state index is -0.642.